The molecule has 2 aliphatic rings. The summed E-state index contributed by atoms with van der Waals surface area (Å²) < 4.78 is 1.37. The lowest BCUT2D eigenvalue weighted by atomic mass is 10.1. The van der Waals surface area contributed by atoms with Gasteiger partial charge in [0.15, 0.2) is 0 Å². The maximum atomic E-state index is 4.67. The van der Waals surface area contributed by atoms with Crippen LogP contribution in [0.1, 0.15) is 17.7 Å². The lowest BCUT2D eigenvalue weighted by molar-refractivity contribution is 0.230. The van der Waals surface area contributed by atoms with Crippen LogP contribution in [0.25, 0.3) is 10.1 Å². The number of nitrogens with zero attached hydrogens (tertiary/aromatic N) is 3. The number of hydrogen-bond donors (Lipinski definition) is 0. The van der Waals surface area contributed by atoms with Crippen LogP contribution in [0.5, 0.6) is 0 Å². The summed E-state index contributed by atoms with van der Waals surface area (Å²) in [5.74, 6) is 1.20. The number of anilines is 1. The first kappa shape index (κ1) is 11.7. The fourth-order valence-corrected chi connectivity index (χ4v) is 4.42. The third-order valence-corrected chi connectivity index (χ3v) is 5.45. The molecular weight excluding hydrogens is 254 g/mol. The molecule has 0 bridgehead atoms. The van der Waals surface area contributed by atoms with Gasteiger partial charge in [0.2, 0.25) is 0 Å². The Morgan fingerprint density at radius 2 is 2.26 bits per heavy atom. The average molecular weight is 273 g/mol. The Labute approximate surface area is 117 Å². The van der Waals surface area contributed by atoms with Crippen LogP contribution in [0, 0.1) is 6.92 Å². The molecule has 2 saturated heterocycles. The van der Waals surface area contributed by atoms with E-state index in [-0.39, 0.29) is 0 Å². The van der Waals surface area contributed by atoms with Crippen molar-refractivity contribution >= 4 is 27.2 Å². The molecule has 0 radical (unpaired) electrons. The number of aromatic nitrogens is 1. The molecule has 19 heavy (non-hydrogen) atoms. The van der Waals surface area contributed by atoms with Gasteiger partial charge in [-0.2, -0.15) is 0 Å². The predicted molar refractivity (Wildman–Crippen MR) is 81.2 cm³/mol. The Bertz CT molecular complexity index is 606. The number of piperazine rings is 1. The van der Waals surface area contributed by atoms with Crippen LogP contribution in [0.2, 0.25) is 0 Å². The molecule has 0 unspecified atom stereocenters. The van der Waals surface area contributed by atoms with Crippen molar-refractivity contribution in [3.8, 4) is 0 Å². The molecule has 0 spiro atoms. The van der Waals surface area contributed by atoms with Gasteiger partial charge in [-0.15, -0.1) is 11.3 Å². The van der Waals surface area contributed by atoms with Crippen molar-refractivity contribution < 1.29 is 0 Å². The first-order valence-corrected chi connectivity index (χ1v) is 7.97. The molecule has 4 heteroatoms. The number of rotatable bonds is 1. The van der Waals surface area contributed by atoms with Crippen molar-refractivity contribution in [3.05, 3.63) is 23.2 Å². The molecule has 4 heterocycles. The third-order valence-electron chi connectivity index (χ3n) is 4.43. The fraction of sp³-hybridized carbons (Fsp3) is 0.533. The second-order valence-corrected chi connectivity index (χ2v) is 6.97. The van der Waals surface area contributed by atoms with Crippen molar-refractivity contribution in [3.63, 3.8) is 0 Å². The van der Waals surface area contributed by atoms with Crippen LogP contribution < -0.4 is 4.90 Å². The fourth-order valence-electron chi connectivity index (χ4n) is 3.51. The Hall–Kier alpha value is -1.13. The lowest BCUT2D eigenvalue weighted by Crippen LogP contribution is -2.50. The Morgan fingerprint density at radius 3 is 3.21 bits per heavy atom. The van der Waals surface area contributed by atoms with E-state index in [0.717, 1.165) is 19.1 Å². The largest absolute Gasteiger partial charge is 0.353 e. The third kappa shape index (κ3) is 1.94. The second kappa shape index (κ2) is 4.46. The first-order valence-electron chi connectivity index (χ1n) is 7.15. The lowest BCUT2D eigenvalue weighted by Gasteiger charge is -2.38. The molecule has 4 rings (SSSR count). The van der Waals surface area contributed by atoms with Crippen LogP contribution >= 0.6 is 11.3 Å². The highest BCUT2D eigenvalue weighted by Crippen LogP contribution is 2.33. The van der Waals surface area contributed by atoms with E-state index in [1.165, 1.54) is 46.7 Å². The van der Waals surface area contributed by atoms with Gasteiger partial charge in [-0.25, -0.2) is 4.98 Å². The van der Waals surface area contributed by atoms with Gasteiger partial charge in [-0.05, 0) is 38.4 Å². The molecule has 3 nitrogen and oxygen atoms in total. The summed E-state index contributed by atoms with van der Waals surface area (Å²) in [7, 11) is 0. The number of hydrogen-bond acceptors (Lipinski definition) is 4. The van der Waals surface area contributed by atoms with Crippen molar-refractivity contribution in [2.24, 2.45) is 0 Å². The van der Waals surface area contributed by atoms with Gasteiger partial charge in [0.25, 0.3) is 0 Å². The quantitative estimate of drug-likeness (QED) is 0.796. The van der Waals surface area contributed by atoms with E-state index in [1.54, 1.807) is 0 Å². The van der Waals surface area contributed by atoms with Gasteiger partial charge >= 0.3 is 0 Å². The summed E-state index contributed by atoms with van der Waals surface area (Å²) in [6.07, 6.45) is 4.69. The summed E-state index contributed by atoms with van der Waals surface area (Å²) in [4.78, 5) is 11.2. The minimum absolute atomic E-state index is 0.755. The zero-order chi connectivity index (χ0) is 12.8. The van der Waals surface area contributed by atoms with Crippen LogP contribution in [0.4, 0.5) is 5.82 Å². The highest BCUT2D eigenvalue weighted by molar-refractivity contribution is 7.19. The van der Waals surface area contributed by atoms with Crippen molar-refractivity contribution in [2.45, 2.75) is 25.8 Å². The van der Waals surface area contributed by atoms with Gasteiger partial charge in [0.05, 0.1) is 0 Å². The molecule has 2 aliphatic heterocycles. The van der Waals surface area contributed by atoms with Crippen molar-refractivity contribution in [2.75, 3.05) is 31.1 Å². The number of aryl methyl sites for hydroxylation is 1. The van der Waals surface area contributed by atoms with Gasteiger partial charge in [0.1, 0.15) is 5.82 Å². The summed E-state index contributed by atoms with van der Waals surface area (Å²) >= 11 is 1.87. The van der Waals surface area contributed by atoms with E-state index in [0.29, 0.717) is 0 Å². The molecule has 100 valence electrons. The zero-order valence-corrected chi connectivity index (χ0v) is 12.1. The predicted octanol–water partition coefficient (Wildman–Crippen LogP) is 2.89. The maximum absolute atomic E-state index is 4.67. The smallest absolute Gasteiger partial charge is 0.137 e. The molecule has 0 amide bonds. The topological polar surface area (TPSA) is 19.4 Å². The van der Waals surface area contributed by atoms with Gasteiger partial charge in [-0.1, -0.05) is 0 Å². The van der Waals surface area contributed by atoms with Crippen LogP contribution in [-0.4, -0.2) is 42.1 Å². The van der Waals surface area contributed by atoms with Crippen molar-refractivity contribution in [1.82, 2.24) is 9.88 Å². The zero-order valence-electron chi connectivity index (χ0n) is 11.3. The molecule has 0 aromatic carbocycles. The van der Waals surface area contributed by atoms with Gasteiger partial charge < -0.3 is 4.90 Å². The Kier molecular flexibility index (Phi) is 2.74. The molecule has 0 N–H and O–H groups in total. The van der Waals surface area contributed by atoms with E-state index in [9.17, 15) is 0 Å². The van der Waals surface area contributed by atoms with E-state index in [4.69, 9.17) is 0 Å². The van der Waals surface area contributed by atoms with E-state index < -0.39 is 0 Å². The molecule has 0 saturated carbocycles. The Morgan fingerprint density at radius 1 is 1.32 bits per heavy atom. The monoisotopic (exact) mass is 273 g/mol. The first-order chi connectivity index (χ1) is 9.31. The van der Waals surface area contributed by atoms with E-state index >= 15 is 0 Å². The average Bonchev–Trinajstić information content (AvgIpc) is 3.01. The summed E-state index contributed by atoms with van der Waals surface area (Å²) in [5.41, 5.74) is 0. The maximum Gasteiger partial charge on any atom is 0.137 e. The minimum atomic E-state index is 0.755. The summed E-state index contributed by atoms with van der Waals surface area (Å²) in [5, 5.41) is 1.34. The van der Waals surface area contributed by atoms with E-state index in [1.807, 2.05) is 17.5 Å². The number of pyridine rings is 1. The van der Waals surface area contributed by atoms with Crippen LogP contribution in [0.3, 0.4) is 0 Å². The molecule has 0 aliphatic carbocycles. The van der Waals surface area contributed by atoms with Gasteiger partial charge in [-0.3, -0.25) is 4.90 Å². The molecule has 2 fully saturated rings. The van der Waals surface area contributed by atoms with Crippen LogP contribution in [-0.2, 0) is 0 Å². The second-order valence-electron chi connectivity index (χ2n) is 5.68. The standard InChI is InChI=1S/C15H19N3S/c1-11-9-13-14(19-11)4-5-16-15(13)18-8-7-17-6-2-3-12(17)10-18/h4-5,9,12H,2-3,6-8,10H2,1H3/t12-/m0/s1. The highest BCUT2D eigenvalue weighted by atomic mass is 32.1. The Balaban J connectivity index is 1.70. The normalized spacial score (nSPS) is 24.1. The van der Waals surface area contributed by atoms with Crippen molar-refractivity contribution in [1.29, 1.82) is 0 Å². The molecular formula is C15H19N3S. The van der Waals surface area contributed by atoms with Crippen LogP contribution in [0.15, 0.2) is 18.3 Å². The van der Waals surface area contributed by atoms with E-state index in [2.05, 4.69) is 33.8 Å². The number of thiophene rings is 1. The highest BCUT2D eigenvalue weighted by Gasteiger charge is 2.31. The summed E-state index contributed by atoms with van der Waals surface area (Å²) in [6.45, 7) is 6.96. The summed E-state index contributed by atoms with van der Waals surface area (Å²) in [6, 6.07) is 5.19. The SMILES string of the molecule is Cc1cc2c(N3CCN4CCC[C@H]4C3)nccc2s1. The number of fused-ring (bicyclic) bond motifs is 2. The molecule has 2 aromatic heterocycles. The van der Waals surface area contributed by atoms with Gasteiger partial charge in [0, 0.05) is 46.8 Å². The molecule has 1 atom stereocenters. The molecule has 2 aromatic rings. The minimum Gasteiger partial charge on any atom is -0.353 e.